The maximum atomic E-state index is 8.73. The molecule has 0 amide bonds. The van der Waals surface area contributed by atoms with Crippen molar-refractivity contribution < 1.29 is 5.21 Å². The normalized spacial score (nSPS) is 14.1. The van der Waals surface area contributed by atoms with E-state index >= 15 is 0 Å². The van der Waals surface area contributed by atoms with Crippen LogP contribution < -0.4 is 11.1 Å². The second kappa shape index (κ2) is 8.67. The molecule has 0 radical (unpaired) electrons. The smallest absolute Gasteiger partial charge is 0.144 e. The number of benzene rings is 1. The maximum Gasteiger partial charge on any atom is 0.144 e. The topological polar surface area (TPSA) is 70.6 Å². The number of nitrogens with one attached hydrogen (secondary N) is 1. The summed E-state index contributed by atoms with van der Waals surface area (Å²) in [5.41, 5.74) is 6.83. The van der Waals surface area contributed by atoms with E-state index in [1.807, 2.05) is 13.8 Å². The van der Waals surface area contributed by atoms with E-state index in [2.05, 4.69) is 47.7 Å². The molecule has 0 saturated heterocycles. The molecule has 21 heavy (non-hydrogen) atoms. The van der Waals surface area contributed by atoms with E-state index in [-0.39, 0.29) is 5.41 Å². The van der Waals surface area contributed by atoms with Crippen LogP contribution in [0.5, 0.6) is 0 Å². The van der Waals surface area contributed by atoms with Crippen molar-refractivity contribution in [1.82, 2.24) is 5.32 Å². The molecule has 4 heteroatoms. The van der Waals surface area contributed by atoms with Gasteiger partial charge in [-0.1, -0.05) is 56.3 Å². The van der Waals surface area contributed by atoms with E-state index in [0.717, 1.165) is 32.4 Å². The lowest BCUT2D eigenvalue weighted by atomic mass is 9.86. The van der Waals surface area contributed by atoms with Gasteiger partial charge in [0.05, 0.1) is 0 Å². The van der Waals surface area contributed by atoms with Gasteiger partial charge in [0, 0.05) is 5.41 Å². The van der Waals surface area contributed by atoms with Crippen LogP contribution >= 0.6 is 0 Å². The highest BCUT2D eigenvalue weighted by Crippen LogP contribution is 2.22. The third kappa shape index (κ3) is 6.17. The molecule has 0 saturated carbocycles. The average molecular weight is 291 g/mol. The number of nitrogens with two attached hydrogens (primary N) is 1. The number of hydrogen-bond acceptors (Lipinski definition) is 3. The van der Waals surface area contributed by atoms with Gasteiger partial charge >= 0.3 is 0 Å². The zero-order valence-corrected chi connectivity index (χ0v) is 13.5. The summed E-state index contributed by atoms with van der Waals surface area (Å²) in [4.78, 5) is 0. The third-order valence-electron chi connectivity index (χ3n) is 4.08. The fraction of sp³-hybridized carbons (Fsp3) is 0.588. The molecule has 0 bridgehead atoms. The lowest BCUT2D eigenvalue weighted by Crippen LogP contribution is -2.32. The molecule has 0 aliphatic carbocycles. The van der Waals surface area contributed by atoms with Crippen LogP contribution in [0.15, 0.2) is 35.5 Å². The maximum absolute atomic E-state index is 8.73. The molecule has 0 aromatic heterocycles. The Balaban J connectivity index is 2.15. The minimum absolute atomic E-state index is 0.242. The highest BCUT2D eigenvalue weighted by Gasteiger charge is 2.22. The Labute approximate surface area is 128 Å². The fourth-order valence-electron chi connectivity index (χ4n) is 2.31. The van der Waals surface area contributed by atoms with Gasteiger partial charge in [-0.15, -0.1) is 0 Å². The van der Waals surface area contributed by atoms with Crippen molar-refractivity contribution in [1.29, 1.82) is 0 Å². The average Bonchev–Trinajstić information content (AvgIpc) is 2.50. The van der Waals surface area contributed by atoms with Gasteiger partial charge in [0.25, 0.3) is 0 Å². The van der Waals surface area contributed by atoms with E-state index in [1.54, 1.807) is 0 Å². The summed E-state index contributed by atoms with van der Waals surface area (Å²) in [7, 11) is 0. The van der Waals surface area contributed by atoms with Gasteiger partial charge < -0.3 is 16.3 Å². The van der Waals surface area contributed by atoms with Crippen molar-refractivity contribution in [2.45, 2.75) is 46.0 Å². The number of nitrogens with zero attached hydrogens (tertiary/aromatic N) is 1. The predicted octanol–water partition coefficient (Wildman–Crippen LogP) is 3.32. The Morgan fingerprint density at radius 3 is 2.57 bits per heavy atom. The Morgan fingerprint density at radius 1 is 1.29 bits per heavy atom. The monoisotopic (exact) mass is 291 g/mol. The van der Waals surface area contributed by atoms with Crippen molar-refractivity contribution in [3.8, 4) is 0 Å². The summed E-state index contributed by atoms with van der Waals surface area (Å²) >= 11 is 0. The molecule has 1 atom stereocenters. The minimum atomic E-state index is -0.242. The lowest BCUT2D eigenvalue weighted by molar-refractivity contribution is 0.304. The van der Waals surface area contributed by atoms with Crippen LogP contribution in [-0.2, 0) is 0 Å². The number of amidine groups is 1. The minimum Gasteiger partial charge on any atom is -0.409 e. The molecule has 4 N–H and O–H groups in total. The highest BCUT2D eigenvalue weighted by atomic mass is 16.4. The first-order valence-corrected chi connectivity index (χ1v) is 7.71. The zero-order valence-electron chi connectivity index (χ0n) is 13.5. The molecule has 0 heterocycles. The molecule has 4 nitrogen and oxygen atoms in total. The summed E-state index contributed by atoms with van der Waals surface area (Å²) in [5, 5.41) is 15.3. The molecule has 0 aliphatic rings. The molecule has 0 aliphatic heterocycles. The molecule has 0 fully saturated rings. The second-order valence-electron chi connectivity index (χ2n) is 6.32. The number of rotatable bonds is 9. The SMILES string of the molecule is CC(CCNCCCC(C)(C)C(N)=NO)c1ccccc1. The molecular weight excluding hydrogens is 262 g/mol. The number of oxime groups is 1. The molecule has 1 unspecified atom stereocenters. The molecule has 0 spiro atoms. The number of hydrogen-bond donors (Lipinski definition) is 3. The molecule has 1 rings (SSSR count). The standard InChI is InChI=1S/C17H29N3O/c1-14(15-8-5-4-6-9-15)10-13-19-12-7-11-17(2,3)16(18)20-21/h4-6,8-9,14,19,21H,7,10-13H2,1-3H3,(H2,18,20). The Kier molecular flexibility index (Phi) is 7.23. The van der Waals surface area contributed by atoms with E-state index in [1.165, 1.54) is 5.56 Å². The Hall–Kier alpha value is -1.55. The second-order valence-corrected chi connectivity index (χ2v) is 6.32. The van der Waals surface area contributed by atoms with Crippen molar-refractivity contribution >= 4 is 5.84 Å². The van der Waals surface area contributed by atoms with Gasteiger partial charge in [-0.25, -0.2) is 0 Å². The van der Waals surface area contributed by atoms with Crippen LogP contribution in [0.3, 0.4) is 0 Å². The van der Waals surface area contributed by atoms with Crippen LogP contribution in [0.2, 0.25) is 0 Å². The first kappa shape index (κ1) is 17.5. The zero-order chi connectivity index (χ0) is 15.7. The van der Waals surface area contributed by atoms with E-state index in [9.17, 15) is 0 Å². The van der Waals surface area contributed by atoms with Gasteiger partial charge in [0.2, 0.25) is 0 Å². The molecule has 1 aromatic carbocycles. The summed E-state index contributed by atoms with van der Waals surface area (Å²) in [6, 6.07) is 10.6. The first-order chi connectivity index (χ1) is 9.97. The van der Waals surface area contributed by atoms with Crippen LogP contribution in [-0.4, -0.2) is 24.1 Å². The van der Waals surface area contributed by atoms with E-state index in [4.69, 9.17) is 10.9 Å². The summed E-state index contributed by atoms with van der Waals surface area (Å²) in [6.07, 6.45) is 3.06. The molecule has 118 valence electrons. The van der Waals surface area contributed by atoms with Crippen LogP contribution in [0.4, 0.5) is 0 Å². The molecule has 1 aromatic rings. The summed E-state index contributed by atoms with van der Waals surface area (Å²) in [5.74, 6) is 0.882. The van der Waals surface area contributed by atoms with Gasteiger partial charge in [0.15, 0.2) is 0 Å². The largest absolute Gasteiger partial charge is 0.409 e. The lowest BCUT2D eigenvalue weighted by Gasteiger charge is -2.22. The van der Waals surface area contributed by atoms with Gasteiger partial charge in [-0.3, -0.25) is 0 Å². The van der Waals surface area contributed by atoms with Gasteiger partial charge in [-0.2, -0.15) is 0 Å². The van der Waals surface area contributed by atoms with Crippen molar-refractivity contribution in [3.05, 3.63) is 35.9 Å². The van der Waals surface area contributed by atoms with E-state index in [0.29, 0.717) is 11.8 Å². The van der Waals surface area contributed by atoms with Crippen molar-refractivity contribution in [2.75, 3.05) is 13.1 Å². The summed E-state index contributed by atoms with van der Waals surface area (Å²) < 4.78 is 0. The van der Waals surface area contributed by atoms with Crippen molar-refractivity contribution in [2.24, 2.45) is 16.3 Å². The van der Waals surface area contributed by atoms with Crippen molar-refractivity contribution in [3.63, 3.8) is 0 Å². The van der Waals surface area contributed by atoms with Crippen LogP contribution in [0, 0.1) is 5.41 Å². The third-order valence-corrected chi connectivity index (χ3v) is 4.08. The van der Waals surface area contributed by atoms with Crippen LogP contribution in [0.25, 0.3) is 0 Å². The highest BCUT2D eigenvalue weighted by molar-refractivity contribution is 5.85. The van der Waals surface area contributed by atoms with Gasteiger partial charge in [0.1, 0.15) is 5.84 Å². The Bertz CT molecular complexity index is 429. The first-order valence-electron chi connectivity index (χ1n) is 7.71. The van der Waals surface area contributed by atoms with E-state index < -0.39 is 0 Å². The van der Waals surface area contributed by atoms with Gasteiger partial charge in [-0.05, 0) is 43.8 Å². The summed E-state index contributed by atoms with van der Waals surface area (Å²) in [6.45, 7) is 8.24. The molecular formula is C17H29N3O. The van der Waals surface area contributed by atoms with Crippen LogP contribution in [0.1, 0.15) is 51.5 Å². The predicted molar refractivity (Wildman–Crippen MR) is 88.8 cm³/mol. The quantitative estimate of drug-likeness (QED) is 0.215. The fourth-order valence-corrected chi connectivity index (χ4v) is 2.31. The Morgan fingerprint density at radius 2 is 1.95 bits per heavy atom.